The van der Waals surface area contributed by atoms with Crippen molar-refractivity contribution in [2.24, 2.45) is 0 Å². The van der Waals surface area contributed by atoms with Gasteiger partial charge in [-0.2, -0.15) is 6.42 Å². The molecule has 0 spiro atoms. The molecule has 2 nitrogen and oxygen atoms in total. The van der Waals surface area contributed by atoms with Crippen LogP contribution in [0.2, 0.25) is 0 Å². The van der Waals surface area contributed by atoms with Gasteiger partial charge in [-0.15, -0.1) is 70.1 Å². The first-order valence-electron chi connectivity index (χ1n) is 7.90. The SMILES string of the molecule is CC(C)(C)[NH-].Cl.Cl.[CH2-]CCO.[CH2]=[Ti].[CH3-].c1ccc2c(c1)[cH-]c1ccccc12. The molecule has 0 fully saturated rings. The van der Waals surface area contributed by atoms with Gasteiger partial charge in [-0.25, -0.2) is 0 Å². The molecule has 0 aromatic heterocycles. The molecule has 0 amide bonds. The standard InChI is InChI=1S/C13H9.C4H10N.C3H7O.CH3.CH2.2ClH.Ti/c1-3-7-12-10(5-1)9-11-6-2-4-8-13(11)12;1-4(2,3)5;1-2-3-4;;;;;/h1-9H;5H,1-3H3;4H,1-3H2;1H3;1H2;2*1H;/q4*-1;;;;. The summed E-state index contributed by atoms with van der Waals surface area (Å²) in [5, 5.41) is 13.2. The molecule has 3 aromatic carbocycles. The van der Waals surface area contributed by atoms with Crippen LogP contribution in [0.5, 0.6) is 0 Å². The van der Waals surface area contributed by atoms with Crippen LogP contribution in [-0.2, 0) is 20.0 Å². The van der Waals surface area contributed by atoms with E-state index in [2.05, 4.69) is 66.3 Å². The molecular weight excluding hydrogens is 413 g/mol. The maximum Gasteiger partial charge on any atom is -0.0771 e. The molecule has 0 saturated carbocycles. The van der Waals surface area contributed by atoms with Crippen LogP contribution >= 0.6 is 24.8 Å². The third-order valence-electron chi connectivity index (χ3n) is 2.68. The first-order valence-corrected chi connectivity index (χ1v) is 9.01. The number of aliphatic hydroxyl groups excluding tert-OH is 1. The molecule has 0 radical (unpaired) electrons. The molecule has 0 bridgehead atoms. The average molecular weight is 446 g/mol. The topological polar surface area (TPSA) is 44.0 Å². The Morgan fingerprint density at radius 1 is 0.963 bits per heavy atom. The molecule has 154 valence electrons. The number of hydrogen-bond donors (Lipinski definition) is 1. The van der Waals surface area contributed by atoms with Crippen LogP contribution in [0.1, 0.15) is 27.2 Å². The second-order valence-electron chi connectivity index (χ2n) is 6.15. The predicted octanol–water partition coefficient (Wildman–Crippen LogP) is 7.01. The second kappa shape index (κ2) is 18.7. The number of halogens is 2. The molecule has 0 aliphatic heterocycles. The molecule has 0 heterocycles. The minimum Gasteiger partial charge on any atom is -0.358 e. The monoisotopic (exact) mass is 445 g/mol. The molecule has 5 heteroatoms. The van der Waals surface area contributed by atoms with E-state index in [1.807, 2.05) is 20.8 Å². The van der Waals surface area contributed by atoms with Crippen LogP contribution < -0.4 is 0 Å². The Labute approximate surface area is 189 Å². The van der Waals surface area contributed by atoms with E-state index in [0.717, 1.165) is 0 Å². The summed E-state index contributed by atoms with van der Waals surface area (Å²) in [4.78, 5) is 3.25. The minimum absolute atomic E-state index is 0. The fourth-order valence-corrected chi connectivity index (χ4v) is 1.90. The summed E-state index contributed by atoms with van der Waals surface area (Å²) in [6.07, 6.45) is 0.625. The fraction of sp³-hybridized carbons (Fsp3) is 0.273. The molecule has 0 aliphatic carbocycles. The van der Waals surface area contributed by atoms with Gasteiger partial charge in [-0.3, -0.25) is 0 Å². The summed E-state index contributed by atoms with van der Waals surface area (Å²) in [6, 6.07) is 19.3. The van der Waals surface area contributed by atoms with E-state index in [1.54, 1.807) is 20.0 Å². The van der Waals surface area contributed by atoms with Crippen molar-refractivity contribution in [2.75, 3.05) is 6.61 Å². The van der Waals surface area contributed by atoms with Crippen molar-refractivity contribution in [3.63, 3.8) is 0 Å². The Kier molecular flexibility index (Phi) is 23.6. The van der Waals surface area contributed by atoms with Crippen molar-refractivity contribution in [1.29, 1.82) is 0 Å². The molecule has 0 saturated heterocycles. The van der Waals surface area contributed by atoms with E-state index in [4.69, 9.17) is 10.8 Å². The normalized spacial score (nSPS) is 8.78. The molecular formula is C22H33Cl2NOTi-4. The summed E-state index contributed by atoms with van der Waals surface area (Å²) in [5.41, 5.74) is 6.69. The number of aliphatic hydroxyl groups is 1. The summed E-state index contributed by atoms with van der Waals surface area (Å²) in [5.74, 6) is 0. The third-order valence-corrected chi connectivity index (χ3v) is 2.68. The van der Waals surface area contributed by atoms with Gasteiger partial charge in [0.05, 0.1) is 0 Å². The van der Waals surface area contributed by atoms with Crippen molar-refractivity contribution < 1.29 is 25.1 Å². The van der Waals surface area contributed by atoms with Gasteiger partial charge in [-0.1, -0.05) is 57.2 Å². The maximum absolute atomic E-state index is 7.81. The van der Waals surface area contributed by atoms with Crippen LogP contribution in [0.4, 0.5) is 0 Å². The van der Waals surface area contributed by atoms with Gasteiger partial charge in [0.25, 0.3) is 0 Å². The Hall–Kier alpha value is -0.606. The van der Waals surface area contributed by atoms with Crippen molar-refractivity contribution in [1.82, 2.24) is 0 Å². The smallest absolute Gasteiger partial charge is 0.0771 e. The minimum atomic E-state index is -0.250. The Morgan fingerprint density at radius 3 is 1.48 bits per heavy atom. The molecule has 27 heavy (non-hydrogen) atoms. The summed E-state index contributed by atoms with van der Waals surface area (Å²) in [6.45, 7) is 9.12. The van der Waals surface area contributed by atoms with Gasteiger partial charge in [0, 0.05) is 6.61 Å². The van der Waals surface area contributed by atoms with Gasteiger partial charge >= 0.3 is 24.8 Å². The van der Waals surface area contributed by atoms with Crippen LogP contribution in [0.3, 0.4) is 0 Å². The van der Waals surface area contributed by atoms with E-state index in [1.165, 1.54) is 21.5 Å². The zero-order valence-corrected chi connectivity index (χ0v) is 20.0. The van der Waals surface area contributed by atoms with E-state index >= 15 is 0 Å². The number of fused-ring (bicyclic) bond motifs is 3. The zero-order valence-electron chi connectivity index (χ0n) is 16.8. The molecule has 0 aliphatic rings. The van der Waals surface area contributed by atoms with Crippen LogP contribution in [-0.4, -0.2) is 22.1 Å². The van der Waals surface area contributed by atoms with Gasteiger partial charge in [0.2, 0.25) is 0 Å². The van der Waals surface area contributed by atoms with E-state index in [0.29, 0.717) is 6.42 Å². The number of hydrogen-bond acceptors (Lipinski definition) is 1. The van der Waals surface area contributed by atoms with Crippen molar-refractivity contribution in [3.8, 4) is 0 Å². The molecule has 2 N–H and O–H groups in total. The predicted molar refractivity (Wildman–Crippen MR) is 126 cm³/mol. The summed E-state index contributed by atoms with van der Waals surface area (Å²) < 4.78 is 0. The zero-order chi connectivity index (χ0) is 18.6. The van der Waals surface area contributed by atoms with Gasteiger partial charge in [0.15, 0.2) is 0 Å². The fourth-order valence-electron chi connectivity index (χ4n) is 1.90. The van der Waals surface area contributed by atoms with Gasteiger partial charge in [0.1, 0.15) is 0 Å². The molecule has 3 rings (SSSR count). The Bertz CT molecular complexity index is 650. The Morgan fingerprint density at radius 2 is 1.22 bits per heavy atom. The Balaban J connectivity index is -0.000000164. The summed E-state index contributed by atoms with van der Waals surface area (Å²) in [7, 11) is 0. The van der Waals surface area contributed by atoms with E-state index in [-0.39, 0.29) is 44.4 Å². The van der Waals surface area contributed by atoms with E-state index in [9.17, 15) is 0 Å². The van der Waals surface area contributed by atoms with Crippen molar-refractivity contribution >= 4 is 51.2 Å². The summed E-state index contributed by atoms with van der Waals surface area (Å²) >= 11 is 1.75. The van der Waals surface area contributed by atoms with Crippen LogP contribution in [0, 0.1) is 14.4 Å². The second-order valence-corrected chi connectivity index (χ2v) is 6.15. The van der Waals surface area contributed by atoms with Gasteiger partial charge in [-0.05, 0) is 0 Å². The van der Waals surface area contributed by atoms with Crippen LogP contribution in [0.15, 0.2) is 54.6 Å². The van der Waals surface area contributed by atoms with Gasteiger partial charge < -0.3 is 25.2 Å². The number of rotatable bonds is 1. The number of benzene rings is 2. The first-order chi connectivity index (χ1) is 11.4. The first kappa shape index (κ1) is 33.9. The third kappa shape index (κ3) is 15.0. The van der Waals surface area contributed by atoms with Crippen molar-refractivity contribution in [2.45, 2.75) is 32.7 Å². The van der Waals surface area contributed by atoms with E-state index < -0.39 is 0 Å². The average Bonchev–Trinajstić information content (AvgIpc) is 2.94. The maximum atomic E-state index is 7.81. The quantitative estimate of drug-likeness (QED) is 0.317. The molecule has 3 aromatic rings. The molecule has 0 unspecified atom stereocenters. The van der Waals surface area contributed by atoms with Crippen molar-refractivity contribution in [3.05, 3.63) is 74.7 Å². The number of nitrogens with one attached hydrogen (secondary N) is 1. The molecule has 0 atom stereocenters. The van der Waals surface area contributed by atoms with Crippen LogP contribution in [0.25, 0.3) is 27.3 Å². The largest absolute Gasteiger partial charge is 0.358 e.